The lowest BCUT2D eigenvalue weighted by atomic mass is 10.1. The molecule has 0 aliphatic rings. The Morgan fingerprint density at radius 2 is 2.03 bits per heavy atom. The lowest BCUT2D eigenvalue weighted by Gasteiger charge is -2.10. The summed E-state index contributed by atoms with van der Waals surface area (Å²) in [6.45, 7) is 1.01. The van der Waals surface area contributed by atoms with Crippen molar-refractivity contribution in [3.8, 4) is 0 Å². The van der Waals surface area contributed by atoms with Gasteiger partial charge in [-0.05, 0) is 72.7 Å². The SMILES string of the molecule is COCCCn1c(=S)[nH]c2cc(C(=O)Nc3ccc(SCc4cccnc4)cc3)ccc2c1=O. The van der Waals surface area contributed by atoms with Gasteiger partial charge in [-0.3, -0.25) is 19.1 Å². The summed E-state index contributed by atoms with van der Waals surface area (Å²) in [4.78, 5) is 33.9. The van der Waals surface area contributed by atoms with E-state index < -0.39 is 0 Å². The molecule has 2 N–H and O–H groups in total. The minimum atomic E-state index is -0.263. The number of nitrogens with zero attached hydrogens (tertiary/aromatic N) is 2. The Morgan fingerprint density at radius 3 is 2.76 bits per heavy atom. The summed E-state index contributed by atoms with van der Waals surface area (Å²) < 4.78 is 6.89. The van der Waals surface area contributed by atoms with Crippen LogP contribution in [0.4, 0.5) is 5.69 Å². The minimum absolute atomic E-state index is 0.179. The number of fused-ring (bicyclic) bond motifs is 1. The normalized spacial score (nSPS) is 11.0. The number of hydrogen-bond donors (Lipinski definition) is 2. The molecule has 2 heterocycles. The van der Waals surface area contributed by atoms with Crippen LogP contribution in [-0.2, 0) is 17.0 Å². The van der Waals surface area contributed by atoms with Crippen molar-refractivity contribution in [1.29, 1.82) is 0 Å². The Balaban J connectivity index is 1.44. The van der Waals surface area contributed by atoms with E-state index >= 15 is 0 Å². The maximum Gasteiger partial charge on any atom is 0.262 e. The first-order chi connectivity index (χ1) is 16.5. The van der Waals surface area contributed by atoms with Crippen molar-refractivity contribution >= 4 is 46.5 Å². The number of nitrogens with one attached hydrogen (secondary N) is 2. The number of ether oxygens (including phenoxy) is 1. The maximum absolute atomic E-state index is 12.8. The molecule has 0 atom stereocenters. The first-order valence-corrected chi connectivity index (χ1v) is 12.1. The van der Waals surface area contributed by atoms with Crippen molar-refractivity contribution < 1.29 is 9.53 Å². The van der Waals surface area contributed by atoms with Crippen molar-refractivity contribution in [2.45, 2.75) is 23.6 Å². The second kappa shape index (κ2) is 11.2. The molecule has 0 spiro atoms. The highest BCUT2D eigenvalue weighted by atomic mass is 32.2. The fourth-order valence-electron chi connectivity index (χ4n) is 3.45. The van der Waals surface area contributed by atoms with Gasteiger partial charge in [0.15, 0.2) is 4.77 Å². The number of carbonyl (C=O) groups excluding carboxylic acids is 1. The summed E-state index contributed by atoms with van der Waals surface area (Å²) in [5, 5.41) is 3.39. The fourth-order valence-corrected chi connectivity index (χ4v) is 4.57. The smallest absolute Gasteiger partial charge is 0.262 e. The van der Waals surface area contributed by atoms with E-state index in [-0.39, 0.29) is 11.5 Å². The van der Waals surface area contributed by atoms with E-state index in [1.54, 1.807) is 43.3 Å². The number of thioether (sulfide) groups is 1. The zero-order valence-corrected chi connectivity index (χ0v) is 20.2. The van der Waals surface area contributed by atoms with Crippen LogP contribution in [0.25, 0.3) is 10.9 Å². The number of benzene rings is 2. The number of aromatic amines is 1. The average molecular weight is 493 g/mol. The number of methoxy groups -OCH3 is 1. The molecule has 0 bridgehead atoms. The number of hydrogen-bond acceptors (Lipinski definition) is 6. The lowest BCUT2D eigenvalue weighted by molar-refractivity contribution is 0.102. The van der Waals surface area contributed by atoms with Crippen molar-refractivity contribution in [3.63, 3.8) is 0 Å². The largest absolute Gasteiger partial charge is 0.385 e. The summed E-state index contributed by atoms with van der Waals surface area (Å²) >= 11 is 7.06. The summed E-state index contributed by atoms with van der Waals surface area (Å²) in [7, 11) is 1.62. The Kier molecular flexibility index (Phi) is 7.89. The summed E-state index contributed by atoms with van der Waals surface area (Å²) in [5.41, 5.74) is 2.64. The van der Waals surface area contributed by atoms with Crippen LogP contribution in [0.1, 0.15) is 22.3 Å². The summed E-state index contributed by atoms with van der Waals surface area (Å²) in [5.74, 6) is 0.563. The molecule has 4 rings (SSSR count). The van der Waals surface area contributed by atoms with E-state index in [2.05, 4.69) is 15.3 Å². The van der Waals surface area contributed by atoms with Crippen LogP contribution in [-0.4, -0.2) is 34.2 Å². The molecule has 0 aliphatic carbocycles. The first kappa shape index (κ1) is 23.9. The molecule has 34 heavy (non-hydrogen) atoms. The molecular formula is C25H24N4O3S2. The van der Waals surface area contributed by atoms with Crippen LogP contribution in [0, 0.1) is 4.77 Å². The molecule has 2 aromatic carbocycles. The molecule has 4 aromatic rings. The monoisotopic (exact) mass is 492 g/mol. The number of aromatic nitrogens is 3. The van der Waals surface area contributed by atoms with Gasteiger partial charge in [0.25, 0.3) is 11.5 Å². The van der Waals surface area contributed by atoms with E-state index in [0.717, 1.165) is 16.2 Å². The van der Waals surface area contributed by atoms with Crippen LogP contribution in [0.5, 0.6) is 0 Å². The Morgan fingerprint density at radius 1 is 1.21 bits per heavy atom. The molecule has 0 fully saturated rings. The predicted molar refractivity (Wildman–Crippen MR) is 138 cm³/mol. The number of carbonyl (C=O) groups is 1. The summed E-state index contributed by atoms with van der Waals surface area (Å²) in [6, 6.07) is 16.6. The lowest BCUT2D eigenvalue weighted by Crippen LogP contribution is -2.23. The molecule has 174 valence electrons. The third-order valence-corrected chi connectivity index (χ3v) is 6.62. The van der Waals surface area contributed by atoms with E-state index in [9.17, 15) is 9.59 Å². The van der Waals surface area contributed by atoms with Gasteiger partial charge in [-0.1, -0.05) is 6.07 Å². The molecule has 0 unspecified atom stereocenters. The van der Waals surface area contributed by atoms with Gasteiger partial charge in [-0.2, -0.15) is 0 Å². The van der Waals surface area contributed by atoms with Gasteiger partial charge in [-0.15, -0.1) is 11.8 Å². The first-order valence-electron chi connectivity index (χ1n) is 10.7. The highest BCUT2D eigenvalue weighted by molar-refractivity contribution is 7.98. The molecule has 9 heteroatoms. The van der Waals surface area contributed by atoms with Gasteiger partial charge in [-0.25, -0.2) is 0 Å². The third-order valence-electron chi connectivity index (χ3n) is 5.21. The molecule has 0 radical (unpaired) electrons. The topological polar surface area (TPSA) is 89.0 Å². The van der Waals surface area contributed by atoms with Crippen LogP contribution in [0.3, 0.4) is 0 Å². The van der Waals surface area contributed by atoms with Crippen molar-refractivity contribution in [2.24, 2.45) is 0 Å². The van der Waals surface area contributed by atoms with E-state index in [1.807, 2.05) is 42.6 Å². The molecular weight excluding hydrogens is 468 g/mol. The van der Waals surface area contributed by atoms with Crippen LogP contribution >= 0.6 is 24.0 Å². The molecule has 2 aromatic heterocycles. The molecule has 0 aliphatic heterocycles. The zero-order chi connectivity index (χ0) is 23.9. The zero-order valence-electron chi connectivity index (χ0n) is 18.6. The highest BCUT2D eigenvalue weighted by Gasteiger charge is 2.11. The van der Waals surface area contributed by atoms with Crippen molar-refractivity contribution in [2.75, 3.05) is 19.0 Å². The predicted octanol–water partition coefficient (Wildman–Crippen LogP) is 5.04. The van der Waals surface area contributed by atoms with Gasteiger partial charge in [0, 0.05) is 54.6 Å². The Bertz CT molecular complexity index is 1400. The number of amides is 1. The average Bonchev–Trinajstić information content (AvgIpc) is 2.86. The molecule has 1 amide bonds. The van der Waals surface area contributed by atoms with Crippen LogP contribution in [0.15, 0.2) is 76.7 Å². The van der Waals surface area contributed by atoms with Crippen molar-refractivity contribution in [1.82, 2.24) is 14.5 Å². The van der Waals surface area contributed by atoms with Crippen molar-refractivity contribution in [3.05, 3.63) is 93.2 Å². The van der Waals surface area contributed by atoms with Crippen LogP contribution < -0.4 is 10.9 Å². The molecule has 7 nitrogen and oxygen atoms in total. The minimum Gasteiger partial charge on any atom is -0.385 e. The maximum atomic E-state index is 12.8. The quantitative estimate of drug-likeness (QED) is 0.193. The van der Waals surface area contributed by atoms with Gasteiger partial charge < -0.3 is 15.0 Å². The molecule has 0 saturated heterocycles. The van der Waals surface area contributed by atoms with Gasteiger partial charge in [0.1, 0.15) is 0 Å². The summed E-state index contributed by atoms with van der Waals surface area (Å²) in [6.07, 6.45) is 4.30. The second-order valence-corrected chi connectivity index (χ2v) is 9.06. The number of anilines is 1. The van der Waals surface area contributed by atoms with Gasteiger partial charge in [0.05, 0.1) is 10.9 Å². The Labute approximate surface area is 206 Å². The van der Waals surface area contributed by atoms with E-state index in [0.29, 0.717) is 46.5 Å². The third kappa shape index (κ3) is 5.80. The van der Waals surface area contributed by atoms with E-state index in [4.69, 9.17) is 17.0 Å². The van der Waals surface area contributed by atoms with Gasteiger partial charge in [0.2, 0.25) is 0 Å². The standard InChI is InChI=1S/C25H24N4O3S2/c1-32-13-3-12-29-24(31)21-10-5-18(14-22(21)28-25(29)33)23(30)27-19-6-8-20(9-7-19)34-16-17-4-2-11-26-15-17/h2,4-11,14-15H,3,12-13,16H2,1H3,(H,27,30)(H,28,33). The molecule has 0 saturated carbocycles. The second-order valence-electron chi connectivity index (χ2n) is 7.62. The number of H-pyrrole nitrogens is 1. The van der Waals surface area contributed by atoms with Gasteiger partial charge >= 0.3 is 0 Å². The van der Waals surface area contributed by atoms with E-state index in [1.165, 1.54) is 4.57 Å². The fraction of sp³-hybridized carbons (Fsp3) is 0.200. The highest BCUT2D eigenvalue weighted by Crippen LogP contribution is 2.24. The number of rotatable bonds is 9. The van der Waals surface area contributed by atoms with Crippen LogP contribution in [0.2, 0.25) is 0 Å². The number of pyridine rings is 1. The Hall–Kier alpha value is -3.27.